The third-order valence-corrected chi connectivity index (χ3v) is 1.29. The van der Waals surface area contributed by atoms with Crippen LogP contribution in [-0.4, -0.2) is 19.4 Å². The minimum atomic E-state index is 0.876. The van der Waals surface area contributed by atoms with Crippen LogP contribution in [0.3, 0.4) is 0 Å². The molecular weight excluding hydrogens is 124 g/mol. The van der Waals surface area contributed by atoms with Crippen LogP contribution < -0.4 is 5.32 Å². The Kier molecular flexibility index (Phi) is 8.02. The Labute approximate surface area is 63.7 Å². The first-order chi connectivity index (χ1) is 4.91. The van der Waals surface area contributed by atoms with E-state index in [1.807, 2.05) is 6.92 Å². The van der Waals surface area contributed by atoms with Crippen LogP contribution in [0.4, 0.5) is 0 Å². The summed E-state index contributed by atoms with van der Waals surface area (Å²) < 4.78 is 0. The number of unbranched alkanes of at least 4 members (excludes halogenated alkanes) is 2. The molecule has 0 unspecified atom stereocenters. The molecule has 0 radical (unpaired) electrons. The standard InChI is InChI=1S/C8H18N2/c1-3-5-6-7-10-8-9-4-2/h8H,3-7H2,1-2H3,(H,9,10). The minimum Gasteiger partial charge on any atom is -0.376 e. The zero-order valence-corrected chi connectivity index (χ0v) is 7.06. The molecule has 0 heterocycles. The molecule has 0 amide bonds. The Hall–Kier alpha value is -0.530. The van der Waals surface area contributed by atoms with E-state index in [1.165, 1.54) is 19.3 Å². The first kappa shape index (κ1) is 9.47. The maximum absolute atomic E-state index is 4.03. The van der Waals surface area contributed by atoms with Gasteiger partial charge in [0.2, 0.25) is 0 Å². The minimum absolute atomic E-state index is 0.876. The highest BCUT2D eigenvalue weighted by Gasteiger charge is 1.81. The van der Waals surface area contributed by atoms with Gasteiger partial charge in [-0.2, -0.15) is 0 Å². The van der Waals surface area contributed by atoms with Crippen LogP contribution in [0.25, 0.3) is 0 Å². The van der Waals surface area contributed by atoms with Crippen molar-refractivity contribution in [2.24, 2.45) is 4.99 Å². The molecule has 0 saturated carbocycles. The number of aliphatic imine (C=N–C) groups is 1. The van der Waals surface area contributed by atoms with Gasteiger partial charge in [0, 0.05) is 13.1 Å². The van der Waals surface area contributed by atoms with Crippen LogP contribution in [-0.2, 0) is 0 Å². The van der Waals surface area contributed by atoms with Gasteiger partial charge in [-0.25, -0.2) is 0 Å². The Morgan fingerprint density at radius 1 is 1.30 bits per heavy atom. The lowest BCUT2D eigenvalue weighted by atomic mass is 10.2. The topological polar surface area (TPSA) is 24.4 Å². The second-order valence-electron chi connectivity index (χ2n) is 2.29. The molecule has 0 saturated heterocycles. The molecule has 2 nitrogen and oxygen atoms in total. The molecule has 0 aliphatic carbocycles. The molecule has 0 aromatic rings. The zero-order valence-electron chi connectivity index (χ0n) is 7.06. The molecule has 10 heavy (non-hydrogen) atoms. The number of nitrogens with one attached hydrogen (secondary N) is 1. The van der Waals surface area contributed by atoms with Gasteiger partial charge in [0.05, 0.1) is 6.34 Å². The fourth-order valence-corrected chi connectivity index (χ4v) is 0.697. The molecule has 1 N–H and O–H groups in total. The van der Waals surface area contributed by atoms with E-state index >= 15 is 0 Å². The summed E-state index contributed by atoms with van der Waals surface area (Å²) in [4.78, 5) is 4.03. The molecule has 0 atom stereocenters. The van der Waals surface area contributed by atoms with Crippen molar-refractivity contribution >= 4 is 6.34 Å². The van der Waals surface area contributed by atoms with Crippen molar-refractivity contribution in [1.29, 1.82) is 0 Å². The van der Waals surface area contributed by atoms with Gasteiger partial charge < -0.3 is 5.32 Å². The van der Waals surface area contributed by atoms with Crippen LogP contribution in [0.5, 0.6) is 0 Å². The summed E-state index contributed by atoms with van der Waals surface area (Å²) in [5.41, 5.74) is 0. The molecule has 60 valence electrons. The number of rotatable bonds is 6. The largest absolute Gasteiger partial charge is 0.376 e. The average Bonchev–Trinajstić information content (AvgIpc) is 1.97. The highest BCUT2D eigenvalue weighted by Crippen LogP contribution is 1.89. The Morgan fingerprint density at radius 3 is 2.70 bits per heavy atom. The lowest BCUT2D eigenvalue weighted by Crippen LogP contribution is -2.12. The van der Waals surface area contributed by atoms with E-state index in [2.05, 4.69) is 17.2 Å². The average molecular weight is 142 g/mol. The van der Waals surface area contributed by atoms with E-state index in [1.54, 1.807) is 6.34 Å². The molecular formula is C8H18N2. The third-order valence-electron chi connectivity index (χ3n) is 1.29. The van der Waals surface area contributed by atoms with E-state index in [0.29, 0.717) is 0 Å². The summed E-state index contributed by atoms with van der Waals surface area (Å²) in [6.07, 6.45) is 5.65. The van der Waals surface area contributed by atoms with Gasteiger partial charge in [-0.05, 0) is 13.3 Å². The van der Waals surface area contributed by atoms with Crippen LogP contribution >= 0.6 is 0 Å². The summed E-state index contributed by atoms with van der Waals surface area (Å²) in [6.45, 7) is 6.18. The van der Waals surface area contributed by atoms with Crippen molar-refractivity contribution in [3.8, 4) is 0 Å². The summed E-state index contributed by atoms with van der Waals surface area (Å²) >= 11 is 0. The Balaban J connectivity index is 2.83. The van der Waals surface area contributed by atoms with Crippen molar-refractivity contribution in [2.45, 2.75) is 33.1 Å². The summed E-state index contributed by atoms with van der Waals surface area (Å²) in [5, 5.41) is 3.13. The van der Waals surface area contributed by atoms with Crippen LogP contribution in [0.2, 0.25) is 0 Å². The van der Waals surface area contributed by atoms with E-state index in [-0.39, 0.29) is 0 Å². The van der Waals surface area contributed by atoms with E-state index in [4.69, 9.17) is 0 Å². The van der Waals surface area contributed by atoms with Crippen molar-refractivity contribution in [2.75, 3.05) is 13.1 Å². The third kappa shape index (κ3) is 7.47. The maximum atomic E-state index is 4.03. The maximum Gasteiger partial charge on any atom is 0.0823 e. The first-order valence-corrected chi connectivity index (χ1v) is 4.13. The first-order valence-electron chi connectivity index (χ1n) is 4.13. The quantitative estimate of drug-likeness (QED) is 0.341. The fraction of sp³-hybridized carbons (Fsp3) is 0.875. The van der Waals surface area contributed by atoms with Gasteiger partial charge in [-0.3, -0.25) is 4.99 Å². The van der Waals surface area contributed by atoms with Crippen LogP contribution in [0, 0.1) is 0 Å². The summed E-state index contributed by atoms with van der Waals surface area (Å²) in [5.74, 6) is 0. The highest BCUT2D eigenvalue weighted by atomic mass is 14.9. The normalized spacial score (nSPS) is 10.6. The van der Waals surface area contributed by atoms with Crippen LogP contribution in [0.15, 0.2) is 4.99 Å². The molecule has 0 spiro atoms. The second-order valence-corrected chi connectivity index (χ2v) is 2.29. The highest BCUT2D eigenvalue weighted by molar-refractivity contribution is 5.53. The van der Waals surface area contributed by atoms with Gasteiger partial charge in [-0.15, -0.1) is 0 Å². The van der Waals surface area contributed by atoms with Crippen molar-refractivity contribution < 1.29 is 0 Å². The molecule has 0 aliphatic rings. The van der Waals surface area contributed by atoms with E-state index < -0.39 is 0 Å². The number of hydrogen-bond acceptors (Lipinski definition) is 1. The van der Waals surface area contributed by atoms with Crippen LogP contribution in [0.1, 0.15) is 33.1 Å². The zero-order chi connectivity index (χ0) is 7.66. The van der Waals surface area contributed by atoms with Crippen molar-refractivity contribution in [3.63, 3.8) is 0 Å². The van der Waals surface area contributed by atoms with E-state index in [9.17, 15) is 0 Å². The van der Waals surface area contributed by atoms with Gasteiger partial charge in [-0.1, -0.05) is 19.8 Å². The lowest BCUT2D eigenvalue weighted by molar-refractivity contribution is 0.698. The van der Waals surface area contributed by atoms with Gasteiger partial charge in [0.1, 0.15) is 0 Å². The van der Waals surface area contributed by atoms with Crippen molar-refractivity contribution in [1.82, 2.24) is 5.32 Å². The van der Waals surface area contributed by atoms with Gasteiger partial charge >= 0.3 is 0 Å². The Bertz CT molecular complexity index is 79.3. The Morgan fingerprint density at radius 2 is 2.10 bits per heavy atom. The second kappa shape index (κ2) is 8.47. The monoisotopic (exact) mass is 142 g/mol. The molecule has 0 aliphatic heterocycles. The van der Waals surface area contributed by atoms with Gasteiger partial charge in [0.15, 0.2) is 0 Å². The number of hydrogen-bond donors (Lipinski definition) is 1. The summed E-state index contributed by atoms with van der Waals surface area (Å²) in [6, 6.07) is 0. The SMILES string of the molecule is CCCCCN/C=N\CC. The predicted molar refractivity (Wildman–Crippen MR) is 46.6 cm³/mol. The smallest absolute Gasteiger partial charge is 0.0823 e. The molecule has 0 bridgehead atoms. The molecule has 0 aromatic carbocycles. The van der Waals surface area contributed by atoms with Gasteiger partial charge in [0.25, 0.3) is 0 Å². The molecule has 0 rings (SSSR count). The lowest BCUT2D eigenvalue weighted by Gasteiger charge is -1.96. The van der Waals surface area contributed by atoms with E-state index in [0.717, 1.165) is 13.1 Å². The molecule has 0 fully saturated rings. The molecule has 2 heteroatoms. The fourth-order valence-electron chi connectivity index (χ4n) is 0.697. The summed E-state index contributed by atoms with van der Waals surface area (Å²) in [7, 11) is 0. The predicted octanol–water partition coefficient (Wildman–Crippen LogP) is 1.81. The number of nitrogens with zero attached hydrogens (tertiary/aromatic N) is 1. The molecule has 0 aromatic heterocycles. The van der Waals surface area contributed by atoms with Crippen molar-refractivity contribution in [3.05, 3.63) is 0 Å².